The first-order valence-corrected chi connectivity index (χ1v) is 7.90. The molecule has 0 radical (unpaired) electrons. The molecule has 19 heavy (non-hydrogen) atoms. The zero-order chi connectivity index (χ0) is 13.4. The molecule has 2 aliphatic rings. The lowest BCUT2D eigenvalue weighted by atomic mass is 9.86. The van der Waals surface area contributed by atoms with E-state index < -0.39 is 0 Å². The number of thiophene rings is 1. The van der Waals surface area contributed by atoms with E-state index >= 15 is 0 Å². The van der Waals surface area contributed by atoms with Gasteiger partial charge in [-0.15, -0.1) is 11.3 Å². The molecule has 0 bridgehead atoms. The van der Waals surface area contributed by atoms with Gasteiger partial charge < -0.3 is 5.32 Å². The molecule has 2 aliphatic carbocycles. The fourth-order valence-electron chi connectivity index (χ4n) is 2.77. The summed E-state index contributed by atoms with van der Waals surface area (Å²) in [4.78, 5) is 13.2. The molecule has 1 heterocycles. The maximum atomic E-state index is 11.9. The maximum Gasteiger partial charge on any atom is 0.228 e. The highest BCUT2D eigenvalue weighted by atomic mass is 32.1. The van der Waals surface area contributed by atoms with Crippen molar-refractivity contribution in [2.24, 2.45) is 11.8 Å². The summed E-state index contributed by atoms with van der Waals surface area (Å²) in [5, 5.41) is 13.1. The molecule has 0 saturated heterocycles. The molecular weight excluding hydrogens is 256 g/mol. The van der Waals surface area contributed by atoms with Crippen LogP contribution in [0.15, 0.2) is 0 Å². The van der Waals surface area contributed by atoms with Crippen LogP contribution in [-0.2, 0) is 17.6 Å². The molecule has 0 spiro atoms. The van der Waals surface area contributed by atoms with Crippen LogP contribution in [0.25, 0.3) is 0 Å². The Labute approximate surface area is 117 Å². The fraction of sp³-hybridized carbons (Fsp3) is 0.600. The summed E-state index contributed by atoms with van der Waals surface area (Å²) < 4.78 is 0. The van der Waals surface area contributed by atoms with Crippen molar-refractivity contribution in [3.05, 3.63) is 16.0 Å². The van der Waals surface area contributed by atoms with Crippen LogP contribution in [0.5, 0.6) is 0 Å². The van der Waals surface area contributed by atoms with Gasteiger partial charge in [0.25, 0.3) is 0 Å². The van der Waals surface area contributed by atoms with Gasteiger partial charge in [-0.2, -0.15) is 5.26 Å². The Kier molecular flexibility index (Phi) is 3.32. The molecule has 1 amide bonds. The van der Waals surface area contributed by atoms with Crippen molar-refractivity contribution in [3.8, 4) is 6.07 Å². The van der Waals surface area contributed by atoms with Gasteiger partial charge in [-0.3, -0.25) is 4.79 Å². The summed E-state index contributed by atoms with van der Waals surface area (Å²) in [5.41, 5.74) is 1.92. The number of fused-ring (bicyclic) bond motifs is 1. The highest BCUT2D eigenvalue weighted by Crippen LogP contribution is 2.41. The Bertz CT molecular complexity index is 551. The smallest absolute Gasteiger partial charge is 0.228 e. The number of carbonyl (C=O) groups is 1. The first-order valence-electron chi connectivity index (χ1n) is 7.08. The minimum absolute atomic E-state index is 0.0992. The number of nitrogens with zero attached hydrogens (tertiary/aromatic N) is 1. The molecule has 1 aromatic rings. The monoisotopic (exact) mass is 274 g/mol. The van der Waals surface area contributed by atoms with E-state index in [4.69, 9.17) is 0 Å². The minimum atomic E-state index is 0.0992. The van der Waals surface area contributed by atoms with Crippen LogP contribution < -0.4 is 5.32 Å². The molecule has 1 fully saturated rings. The summed E-state index contributed by atoms with van der Waals surface area (Å²) >= 11 is 1.62. The first kappa shape index (κ1) is 12.7. The fourth-order valence-corrected chi connectivity index (χ4v) is 4.08. The number of nitriles is 1. The second-order valence-electron chi connectivity index (χ2n) is 5.60. The number of hydrogen-bond donors (Lipinski definition) is 1. The molecule has 0 aliphatic heterocycles. The highest BCUT2D eigenvalue weighted by molar-refractivity contribution is 7.16. The number of nitrogens with one attached hydrogen (secondary N) is 1. The summed E-state index contributed by atoms with van der Waals surface area (Å²) in [6.45, 7) is 2.23. The quantitative estimate of drug-likeness (QED) is 0.917. The predicted molar refractivity (Wildman–Crippen MR) is 76.2 cm³/mol. The second kappa shape index (κ2) is 4.97. The Morgan fingerprint density at radius 2 is 2.26 bits per heavy atom. The molecule has 4 heteroatoms. The summed E-state index contributed by atoms with van der Waals surface area (Å²) in [5.74, 6) is 1.03. The lowest BCUT2D eigenvalue weighted by Gasteiger charge is -2.20. The Morgan fingerprint density at radius 3 is 2.89 bits per heavy atom. The summed E-state index contributed by atoms with van der Waals surface area (Å²) in [6, 6.07) is 2.30. The zero-order valence-electron chi connectivity index (χ0n) is 11.2. The van der Waals surface area contributed by atoms with E-state index in [9.17, 15) is 10.1 Å². The van der Waals surface area contributed by atoms with E-state index in [1.165, 1.54) is 23.3 Å². The van der Waals surface area contributed by atoms with Gasteiger partial charge in [0.1, 0.15) is 11.1 Å². The van der Waals surface area contributed by atoms with Crippen LogP contribution in [0.1, 0.15) is 48.6 Å². The molecule has 1 N–H and O–H groups in total. The average Bonchev–Trinajstić information content (AvgIpc) is 3.20. The van der Waals surface area contributed by atoms with Crippen molar-refractivity contribution in [2.75, 3.05) is 5.32 Å². The van der Waals surface area contributed by atoms with Gasteiger partial charge in [-0.05, 0) is 43.6 Å². The van der Waals surface area contributed by atoms with E-state index in [0.29, 0.717) is 0 Å². The molecule has 1 aromatic heterocycles. The Hall–Kier alpha value is -1.34. The van der Waals surface area contributed by atoms with Gasteiger partial charge in [-0.25, -0.2) is 0 Å². The van der Waals surface area contributed by atoms with E-state index in [2.05, 4.69) is 18.3 Å². The van der Waals surface area contributed by atoms with E-state index in [-0.39, 0.29) is 11.8 Å². The SMILES string of the molecule is CCC1CCc2c(sc(NC(=O)C3CC3)c2C#N)C1. The highest BCUT2D eigenvalue weighted by Gasteiger charge is 2.32. The average molecular weight is 274 g/mol. The normalized spacial score (nSPS) is 21.6. The van der Waals surface area contributed by atoms with Gasteiger partial charge in [0.05, 0.1) is 5.56 Å². The van der Waals surface area contributed by atoms with Gasteiger partial charge in [0.15, 0.2) is 0 Å². The van der Waals surface area contributed by atoms with Crippen LogP contribution in [0.3, 0.4) is 0 Å². The van der Waals surface area contributed by atoms with Crippen molar-refractivity contribution in [2.45, 2.75) is 45.4 Å². The lowest BCUT2D eigenvalue weighted by molar-refractivity contribution is -0.117. The topological polar surface area (TPSA) is 52.9 Å². The molecule has 3 rings (SSSR count). The number of anilines is 1. The molecule has 1 unspecified atom stereocenters. The van der Waals surface area contributed by atoms with Crippen molar-refractivity contribution in [1.29, 1.82) is 5.26 Å². The molecule has 3 nitrogen and oxygen atoms in total. The third-order valence-corrected chi connectivity index (χ3v) is 5.41. The van der Waals surface area contributed by atoms with E-state index in [1.807, 2.05) is 0 Å². The molecule has 100 valence electrons. The van der Waals surface area contributed by atoms with Crippen LogP contribution in [-0.4, -0.2) is 5.91 Å². The summed E-state index contributed by atoms with van der Waals surface area (Å²) in [7, 11) is 0. The van der Waals surface area contributed by atoms with Gasteiger partial charge >= 0.3 is 0 Å². The van der Waals surface area contributed by atoms with Gasteiger partial charge in [0.2, 0.25) is 5.91 Å². The maximum absolute atomic E-state index is 11.9. The standard InChI is InChI=1S/C15H18N2OS/c1-2-9-3-6-11-12(8-16)15(19-13(11)7-9)17-14(18)10-4-5-10/h9-10H,2-7H2,1H3,(H,17,18). The number of amides is 1. The van der Waals surface area contributed by atoms with Crippen molar-refractivity contribution < 1.29 is 4.79 Å². The van der Waals surface area contributed by atoms with Crippen LogP contribution in [0.2, 0.25) is 0 Å². The van der Waals surface area contributed by atoms with Crippen LogP contribution in [0, 0.1) is 23.2 Å². The van der Waals surface area contributed by atoms with Crippen molar-refractivity contribution >= 4 is 22.2 Å². The molecule has 1 saturated carbocycles. The number of rotatable bonds is 3. The Balaban J connectivity index is 1.86. The largest absolute Gasteiger partial charge is 0.316 e. The third-order valence-electron chi connectivity index (χ3n) is 4.24. The molecule has 1 atom stereocenters. The number of hydrogen-bond acceptors (Lipinski definition) is 3. The second-order valence-corrected chi connectivity index (χ2v) is 6.71. The van der Waals surface area contributed by atoms with Crippen molar-refractivity contribution in [3.63, 3.8) is 0 Å². The van der Waals surface area contributed by atoms with Crippen LogP contribution >= 0.6 is 11.3 Å². The minimum Gasteiger partial charge on any atom is -0.316 e. The third kappa shape index (κ3) is 2.40. The van der Waals surface area contributed by atoms with E-state index in [1.54, 1.807) is 11.3 Å². The van der Waals surface area contributed by atoms with Crippen molar-refractivity contribution in [1.82, 2.24) is 0 Å². The van der Waals surface area contributed by atoms with Gasteiger partial charge in [-0.1, -0.05) is 13.3 Å². The zero-order valence-corrected chi connectivity index (χ0v) is 12.0. The molecule has 0 aromatic carbocycles. The summed E-state index contributed by atoms with van der Waals surface area (Å²) in [6.07, 6.45) is 6.43. The Morgan fingerprint density at radius 1 is 1.47 bits per heavy atom. The predicted octanol–water partition coefficient (Wildman–Crippen LogP) is 3.48. The number of carbonyl (C=O) groups excluding carboxylic acids is 1. The first-order chi connectivity index (χ1) is 9.22. The van der Waals surface area contributed by atoms with Crippen LogP contribution in [0.4, 0.5) is 5.00 Å². The van der Waals surface area contributed by atoms with Gasteiger partial charge in [0, 0.05) is 10.8 Å². The van der Waals surface area contributed by atoms with E-state index in [0.717, 1.165) is 42.2 Å². The lowest BCUT2D eigenvalue weighted by Crippen LogP contribution is -2.13. The molecular formula is C15H18N2OS.